The largest absolute Gasteiger partial charge is 0.476 e. The number of nitrogens with zero attached hydrogens (tertiary/aromatic N) is 1. The van der Waals surface area contributed by atoms with Crippen LogP contribution in [-0.2, 0) is 0 Å². The highest BCUT2D eigenvalue weighted by atomic mass is 16.5. The second-order valence-corrected chi connectivity index (χ2v) is 3.39. The third kappa shape index (κ3) is 3.26. The molecule has 0 radical (unpaired) electrons. The van der Waals surface area contributed by atoms with Gasteiger partial charge < -0.3 is 9.84 Å². The quantitative estimate of drug-likeness (QED) is 0.821. The minimum atomic E-state index is -0.475. The van der Waals surface area contributed by atoms with E-state index in [2.05, 4.69) is 6.07 Å². The van der Waals surface area contributed by atoms with Gasteiger partial charge in [-0.15, -0.1) is 0 Å². The van der Waals surface area contributed by atoms with Crippen molar-refractivity contribution in [3.05, 3.63) is 29.8 Å². The Bertz CT molecular complexity index is 338. The lowest BCUT2D eigenvalue weighted by Gasteiger charge is -2.11. The van der Waals surface area contributed by atoms with Gasteiger partial charge in [0.1, 0.15) is 11.8 Å². The maximum atomic E-state index is 9.30. The van der Waals surface area contributed by atoms with Crippen molar-refractivity contribution in [3.8, 4) is 11.8 Å². The van der Waals surface area contributed by atoms with Crippen molar-refractivity contribution in [1.29, 1.82) is 5.26 Å². The van der Waals surface area contributed by atoms with E-state index in [1.54, 1.807) is 31.2 Å². The van der Waals surface area contributed by atoms with Crippen LogP contribution >= 0.6 is 0 Å². The summed E-state index contributed by atoms with van der Waals surface area (Å²) in [5.41, 5.74) is 0.840. The van der Waals surface area contributed by atoms with E-state index in [1.165, 1.54) is 0 Å². The number of hydrogen-bond acceptors (Lipinski definition) is 3. The fourth-order valence-corrected chi connectivity index (χ4v) is 1.19. The van der Waals surface area contributed by atoms with Crippen molar-refractivity contribution in [3.63, 3.8) is 0 Å². The molecule has 0 aliphatic carbocycles. The summed E-state index contributed by atoms with van der Waals surface area (Å²) in [5, 5.41) is 18.0. The Hall–Kier alpha value is -1.53. The average Bonchev–Trinajstić information content (AvgIpc) is 2.26. The van der Waals surface area contributed by atoms with Gasteiger partial charge in [-0.1, -0.05) is 19.1 Å². The summed E-state index contributed by atoms with van der Waals surface area (Å²) in [6.07, 6.45) is -0.214. The lowest BCUT2D eigenvalue weighted by atomic mass is 10.1. The lowest BCUT2D eigenvalue weighted by molar-refractivity contribution is 0.199. The SMILES string of the molecule is CCC(C#N)Oc1ccc([C@@H](C)O)cc1. The van der Waals surface area contributed by atoms with Crippen LogP contribution in [0, 0.1) is 11.3 Å². The maximum Gasteiger partial charge on any atom is 0.184 e. The number of aliphatic hydroxyl groups excluding tert-OH is 1. The summed E-state index contributed by atoms with van der Waals surface area (Å²) in [5.74, 6) is 0.660. The number of hydrogen-bond donors (Lipinski definition) is 1. The molecule has 1 aromatic rings. The van der Waals surface area contributed by atoms with Crippen molar-refractivity contribution >= 4 is 0 Å². The molecular formula is C12H15NO2. The highest BCUT2D eigenvalue weighted by Gasteiger charge is 2.06. The third-order valence-electron chi connectivity index (χ3n) is 2.16. The van der Waals surface area contributed by atoms with Gasteiger partial charge in [-0.25, -0.2) is 0 Å². The highest BCUT2D eigenvalue weighted by molar-refractivity contribution is 5.28. The zero-order chi connectivity index (χ0) is 11.3. The Kier molecular flexibility index (Phi) is 4.14. The summed E-state index contributed by atoms with van der Waals surface area (Å²) in [4.78, 5) is 0. The summed E-state index contributed by atoms with van der Waals surface area (Å²) < 4.78 is 5.40. The summed E-state index contributed by atoms with van der Waals surface area (Å²) in [7, 11) is 0. The first-order chi connectivity index (χ1) is 7.17. The van der Waals surface area contributed by atoms with E-state index in [0.717, 1.165) is 5.56 Å². The minimum Gasteiger partial charge on any atom is -0.476 e. The Morgan fingerprint density at radius 2 is 2.00 bits per heavy atom. The van der Waals surface area contributed by atoms with Crippen LogP contribution in [-0.4, -0.2) is 11.2 Å². The molecule has 0 bridgehead atoms. The van der Waals surface area contributed by atoms with Crippen molar-refractivity contribution < 1.29 is 9.84 Å². The van der Waals surface area contributed by atoms with Gasteiger partial charge in [0, 0.05) is 0 Å². The van der Waals surface area contributed by atoms with Crippen molar-refractivity contribution in [2.45, 2.75) is 32.5 Å². The zero-order valence-electron chi connectivity index (χ0n) is 8.97. The molecule has 2 atom stereocenters. The second-order valence-electron chi connectivity index (χ2n) is 3.39. The maximum absolute atomic E-state index is 9.30. The predicted molar refractivity (Wildman–Crippen MR) is 57.4 cm³/mol. The Balaban J connectivity index is 2.69. The molecule has 0 aromatic heterocycles. The van der Waals surface area contributed by atoms with Crippen LogP contribution in [0.15, 0.2) is 24.3 Å². The first-order valence-electron chi connectivity index (χ1n) is 5.01. The fraction of sp³-hybridized carbons (Fsp3) is 0.417. The molecular weight excluding hydrogens is 190 g/mol. The normalized spacial score (nSPS) is 14.0. The Morgan fingerprint density at radius 3 is 2.40 bits per heavy atom. The third-order valence-corrected chi connectivity index (χ3v) is 2.16. The highest BCUT2D eigenvalue weighted by Crippen LogP contribution is 2.18. The minimum absolute atomic E-state index is 0.401. The number of ether oxygens (including phenoxy) is 1. The molecule has 15 heavy (non-hydrogen) atoms. The van der Waals surface area contributed by atoms with Crippen LogP contribution in [0.2, 0.25) is 0 Å². The molecule has 1 aromatic carbocycles. The van der Waals surface area contributed by atoms with Gasteiger partial charge in [-0.3, -0.25) is 0 Å². The molecule has 0 spiro atoms. The first-order valence-corrected chi connectivity index (χ1v) is 5.01. The molecule has 0 saturated carbocycles. The van der Waals surface area contributed by atoms with Crippen molar-refractivity contribution in [1.82, 2.24) is 0 Å². The standard InChI is InChI=1S/C12H15NO2/c1-3-11(8-13)15-12-6-4-10(5-7-12)9(2)14/h4-7,9,11,14H,3H2,1-2H3/t9-,11?/m1/s1. The molecule has 3 heteroatoms. The van der Waals surface area contributed by atoms with Crippen molar-refractivity contribution in [2.75, 3.05) is 0 Å². The predicted octanol–water partition coefficient (Wildman–Crippen LogP) is 2.42. The van der Waals surface area contributed by atoms with E-state index >= 15 is 0 Å². The van der Waals surface area contributed by atoms with E-state index in [-0.39, 0.29) is 0 Å². The molecule has 1 unspecified atom stereocenters. The van der Waals surface area contributed by atoms with Gasteiger partial charge in [0.2, 0.25) is 0 Å². The summed E-state index contributed by atoms with van der Waals surface area (Å²) in [6.45, 7) is 3.61. The van der Waals surface area contributed by atoms with Gasteiger partial charge in [-0.2, -0.15) is 5.26 Å². The Labute approximate surface area is 89.9 Å². The first kappa shape index (κ1) is 11.5. The zero-order valence-corrected chi connectivity index (χ0v) is 8.97. The molecule has 0 fully saturated rings. The van der Waals surface area contributed by atoms with Gasteiger partial charge in [0.15, 0.2) is 6.10 Å². The lowest BCUT2D eigenvalue weighted by Crippen LogP contribution is -2.12. The van der Waals surface area contributed by atoms with Gasteiger partial charge >= 0.3 is 0 Å². The number of benzene rings is 1. The van der Waals surface area contributed by atoms with Gasteiger partial charge in [0.05, 0.1) is 6.10 Å². The molecule has 1 N–H and O–H groups in total. The topological polar surface area (TPSA) is 53.2 Å². The van der Waals surface area contributed by atoms with E-state index in [1.807, 2.05) is 6.92 Å². The summed E-state index contributed by atoms with van der Waals surface area (Å²) >= 11 is 0. The van der Waals surface area contributed by atoms with E-state index in [4.69, 9.17) is 10.00 Å². The van der Waals surface area contributed by atoms with Crippen molar-refractivity contribution in [2.24, 2.45) is 0 Å². The number of nitriles is 1. The van der Waals surface area contributed by atoms with Gasteiger partial charge in [0.25, 0.3) is 0 Å². The second kappa shape index (κ2) is 5.38. The number of rotatable bonds is 4. The van der Waals surface area contributed by atoms with Crippen LogP contribution in [0.4, 0.5) is 0 Å². The fourth-order valence-electron chi connectivity index (χ4n) is 1.19. The van der Waals surface area contributed by atoms with Crippen LogP contribution in [0.1, 0.15) is 31.9 Å². The molecule has 3 nitrogen and oxygen atoms in total. The molecule has 0 heterocycles. The number of aliphatic hydroxyl groups is 1. The van der Waals surface area contributed by atoms with E-state index < -0.39 is 12.2 Å². The van der Waals surface area contributed by atoms with Crippen LogP contribution in [0.5, 0.6) is 5.75 Å². The molecule has 0 amide bonds. The van der Waals surface area contributed by atoms with Crippen LogP contribution in [0.3, 0.4) is 0 Å². The summed E-state index contributed by atoms with van der Waals surface area (Å²) in [6, 6.07) is 9.19. The molecule has 0 aliphatic heterocycles. The molecule has 80 valence electrons. The monoisotopic (exact) mass is 205 g/mol. The average molecular weight is 205 g/mol. The van der Waals surface area contributed by atoms with E-state index in [0.29, 0.717) is 12.2 Å². The molecule has 1 rings (SSSR count). The Morgan fingerprint density at radius 1 is 1.40 bits per heavy atom. The van der Waals surface area contributed by atoms with E-state index in [9.17, 15) is 5.11 Å². The van der Waals surface area contributed by atoms with Crippen LogP contribution < -0.4 is 4.74 Å². The van der Waals surface area contributed by atoms with Crippen LogP contribution in [0.25, 0.3) is 0 Å². The smallest absolute Gasteiger partial charge is 0.184 e. The molecule has 0 saturated heterocycles. The molecule has 0 aliphatic rings. The van der Waals surface area contributed by atoms with Gasteiger partial charge in [-0.05, 0) is 31.0 Å².